The van der Waals surface area contributed by atoms with Gasteiger partial charge in [-0.2, -0.15) is 0 Å². The number of nitrogens with one attached hydrogen (secondary N) is 1. The van der Waals surface area contributed by atoms with E-state index in [1.165, 1.54) is 0 Å². The molecular weight excluding hydrogens is 290 g/mol. The summed E-state index contributed by atoms with van der Waals surface area (Å²) in [5.41, 5.74) is 14.3. The van der Waals surface area contributed by atoms with E-state index >= 15 is 0 Å². The van der Waals surface area contributed by atoms with Gasteiger partial charge in [0, 0.05) is 12.4 Å². The zero-order valence-corrected chi connectivity index (χ0v) is 12.2. The number of carbonyl (C=O) groups is 1. The van der Waals surface area contributed by atoms with Crippen molar-refractivity contribution >= 4 is 23.0 Å². The number of nitrogen functional groups attached to an aromatic ring is 1. The Bertz CT molecular complexity index is 849. The molecule has 6 nitrogen and oxygen atoms in total. The Hall–Kier alpha value is -3.41. The van der Waals surface area contributed by atoms with Gasteiger partial charge in [0.1, 0.15) is 0 Å². The van der Waals surface area contributed by atoms with E-state index < -0.39 is 5.91 Å². The van der Waals surface area contributed by atoms with Crippen LogP contribution in [0, 0.1) is 0 Å². The van der Waals surface area contributed by atoms with Gasteiger partial charge in [-0.3, -0.25) is 4.79 Å². The number of hydrogen-bond acceptors (Lipinski definition) is 5. The summed E-state index contributed by atoms with van der Waals surface area (Å²) in [6.45, 7) is 0. The van der Waals surface area contributed by atoms with Crippen LogP contribution in [-0.4, -0.2) is 15.9 Å². The van der Waals surface area contributed by atoms with Crippen LogP contribution in [0.4, 0.5) is 17.1 Å². The lowest BCUT2D eigenvalue weighted by Crippen LogP contribution is -2.14. The lowest BCUT2D eigenvalue weighted by molar-refractivity contribution is 0.100. The van der Waals surface area contributed by atoms with Gasteiger partial charge < -0.3 is 16.8 Å². The maximum Gasteiger partial charge on any atom is 0.249 e. The van der Waals surface area contributed by atoms with Gasteiger partial charge in [-0.05, 0) is 30.3 Å². The van der Waals surface area contributed by atoms with Crippen molar-refractivity contribution in [2.45, 2.75) is 0 Å². The molecule has 0 unspecified atom stereocenters. The second kappa shape index (κ2) is 6.15. The summed E-state index contributed by atoms with van der Waals surface area (Å²) >= 11 is 0. The summed E-state index contributed by atoms with van der Waals surface area (Å²) in [4.78, 5) is 20.2. The number of carbonyl (C=O) groups excluding carboxylic acids is 1. The molecule has 1 heterocycles. The van der Waals surface area contributed by atoms with Crippen molar-refractivity contribution in [3.8, 4) is 11.4 Å². The van der Waals surface area contributed by atoms with Crippen molar-refractivity contribution in [3.63, 3.8) is 0 Å². The normalized spacial score (nSPS) is 10.3. The quantitative estimate of drug-likeness (QED) is 0.642. The number of anilines is 3. The van der Waals surface area contributed by atoms with Gasteiger partial charge in [0.25, 0.3) is 0 Å². The van der Waals surface area contributed by atoms with Gasteiger partial charge in [0.2, 0.25) is 5.91 Å². The van der Waals surface area contributed by atoms with Crippen molar-refractivity contribution < 1.29 is 4.79 Å². The van der Waals surface area contributed by atoms with Crippen molar-refractivity contribution in [3.05, 3.63) is 66.5 Å². The smallest absolute Gasteiger partial charge is 0.249 e. The number of benzene rings is 2. The fourth-order valence-corrected chi connectivity index (χ4v) is 2.29. The van der Waals surface area contributed by atoms with E-state index in [-0.39, 0.29) is 0 Å². The van der Waals surface area contributed by atoms with Gasteiger partial charge in [0.05, 0.1) is 28.2 Å². The van der Waals surface area contributed by atoms with Crippen LogP contribution < -0.4 is 16.8 Å². The van der Waals surface area contributed by atoms with E-state index in [0.717, 1.165) is 5.69 Å². The SMILES string of the molecule is NC(=O)c1cccc(Nc2ccccc2N)c1-c1ncccn1. The summed E-state index contributed by atoms with van der Waals surface area (Å²) in [6, 6.07) is 14.3. The van der Waals surface area contributed by atoms with E-state index in [9.17, 15) is 4.79 Å². The number of hydrogen-bond donors (Lipinski definition) is 3. The molecule has 5 N–H and O–H groups in total. The highest BCUT2D eigenvalue weighted by molar-refractivity contribution is 6.02. The summed E-state index contributed by atoms with van der Waals surface area (Å²) < 4.78 is 0. The Balaban J connectivity index is 2.16. The molecule has 0 saturated carbocycles. The summed E-state index contributed by atoms with van der Waals surface area (Å²) in [6.07, 6.45) is 3.22. The van der Waals surface area contributed by atoms with Crippen LogP contribution >= 0.6 is 0 Å². The molecule has 0 bridgehead atoms. The van der Waals surface area contributed by atoms with E-state index in [1.54, 1.807) is 36.7 Å². The third kappa shape index (κ3) is 2.96. The van der Waals surface area contributed by atoms with Gasteiger partial charge in [0.15, 0.2) is 5.82 Å². The molecule has 0 aliphatic heterocycles. The highest BCUT2D eigenvalue weighted by Crippen LogP contribution is 2.32. The maximum absolute atomic E-state index is 11.8. The van der Waals surface area contributed by atoms with Crippen molar-refractivity contribution in [2.24, 2.45) is 5.73 Å². The van der Waals surface area contributed by atoms with Crippen LogP contribution in [0.5, 0.6) is 0 Å². The highest BCUT2D eigenvalue weighted by atomic mass is 16.1. The number of para-hydroxylation sites is 2. The van der Waals surface area contributed by atoms with Gasteiger partial charge in [-0.25, -0.2) is 9.97 Å². The van der Waals surface area contributed by atoms with Crippen molar-refractivity contribution in [1.82, 2.24) is 9.97 Å². The molecule has 0 saturated heterocycles. The Kier molecular flexibility index (Phi) is 3.88. The Morgan fingerprint density at radius 3 is 2.30 bits per heavy atom. The van der Waals surface area contributed by atoms with Crippen LogP contribution in [-0.2, 0) is 0 Å². The molecule has 3 rings (SSSR count). The molecule has 2 aromatic carbocycles. The molecule has 114 valence electrons. The monoisotopic (exact) mass is 305 g/mol. The van der Waals surface area contributed by atoms with Gasteiger partial charge in [-0.1, -0.05) is 18.2 Å². The fourth-order valence-electron chi connectivity index (χ4n) is 2.29. The summed E-state index contributed by atoms with van der Waals surface area (Å²) in [5.74, 6) is -0.129. The summed E-state index contributed by atoms with van der Waals surface area (Å²) in [7, 11) is 0. The Morgan fingerprint density at radius 2 is 1.61 bits per heavy atom. The zero-order valence-electron chi connectivity index (χ0n) is 12.2. The molecule has 0 aliphatic carbocycles. The molecule has 0 radical (unpaired) electrons. The predicted molar refractivity (Wildman–Crippen MR) is 90.1 cm³/mol. The maximum atomic E-state index is 11.8. The summed E-state index contributed by atoms with van der Waals surface area (Å²) in [5, 5.41) is 3.22. The third-order valence-electron chi connectivity index (χ3n) is 3.35. The van der Waals surface area contributed by atoms with Crippen LogP contribution in [0.15, 0.2) is 60.9 Å². The van der Waals surface area contributed by atoms with Crippen LogP contribution in [0.1, 0.15) is 10.4 Å². The number of aromatic nitrogens is 2. The first-order valence-electron chi connectivity index (χ1n) is 6.98. The number of rotatable bonds is 4. The fraction of sp³-hybridized carbons (Fsp3) is 0. The van der Waals surface area contributed by atoms with Crippen molar-refractivity contribution in [1.29, 1.82) is 0 Å². The third-order valence-corrected chi connectivity index (χ3v) is 3.35. The standard InChI is InChI=1S/C17H15N5O/c18-12-6-1-2-7-13(12)22-14-8-3-5-11(16(19)23)15(14)17-20-9-4-10-21-17/h1-10,22H,18H2,(H2,19,23). The minimum Gasteiger partial charge on any atom is -0.397 e. The lowest BCUT2D eigenvalue weighted by atomic mass is 10.0. The molecule has 1 amide bonds. The molecule has 0 fully saturated rings. The number of nitrogens with zero attached hydrogens (tertiary/aromatic N) is 2. The van der Waals surface area contributed by atoms with Crippen molar-refractivity contribution in [2.75, 3.05) is 11.1 Å². The highest BCUT2D eigenvalue weighted by Gasteiger charge is 2.17. The Labute approximate surface area is 133 Å². The molecule has 0 aliphatic rings. The lowest BCUT2D eigenvalue weighted by Gasteiger charge is -2.15. The molecular formula is C17H15N5O. The predicted octanol–water partition coefficient (Wildman–Crippen LogP) is 2.57. The van der Waals surface area contributed by atoms with Crippen LogP contribution in [0.2, 0.25) is 0 Å². The van der Waals surface area contributed by atoms with E-state index in [4.69, 9.17) is 11.5 Å². The molecule has 0 spiro atoms. The molecule has 0 atom stereocenters. The second-order valence-corrected chi connectivity index (χ2v) is 4.88. The largest absolute Gasteiger partial charge is 0.397 e. The minimum atomic E-state index is -0.544. The first-order valence-corrected chi connectivity index (χ1v) is 6.98. The van der Waals surface area contributed by atoms with E-state index in [2.05, 4.69) is 15.3 Å². The average Bonchev–Trinajstić information content (AvgIpc) is 2.57. The van der Waals surface area contributed by atoms with Crippen LogP contribution in [0.3, 0.4) is 0 Å². The minimum absolute atomic E-state index is 0.343. The Morgan fingerprint density at radius 1 is 0.913 bits per heavy atom. The van der Waals surface area contributed by atoms with Crippen LogP contribution in [0.25, 0.3) is 11.4 Å². The van der Waals surface area contributed by atoms with E-state index in [0.29, 0.717) is 28.3 Å². The first-order chi connectivity index (χ1) is 11.2. The van der Waals surface area contributed by atoms with Gasteiger partial charge >= 0.3 is 0 Å². The molecule has 3 aromatic rings. The average molecular weight is 305 g/mol. The number of amides is 1. The zero-order chi connectivity index (χ0) is 16.2. The first kappa shape index (κ1) is 14.5. The molecule has 23 heavy (non-hydrogen) atoms. The molecule has 6 heteroatoms. The number of primary amides is 1. The molecule has 1 aromatic heterocycles. The van der Waals surface area contributed by atoms with E-state index in [1.807, 2.05) is 24.3 Å². The topological polar surface area (TPSA) is 107 Å². The second-order valence-electron chi connectivity index (χ2n) is 4.88. The van der Waals surface area contributed by atoms with Gasteiger partial charge in [-0.15, -0.1) is 0 Å². The number of nitrogens with two attached hydrogens (primary N) is 2.